The number of amidine groups is 1. The molecular formula is C22H41N2. The summed E-state index contributed by atoms with van der Waals surface area (Å²) in [4.78, 5) is 6.91. The lowest BCUT2D eigenvalue weighted by Gasteiger charge is -2.17. The first-order valence-electron chi connectivity index (χ1n) is 10.6. The second-order valence-corrected chi connectivity index (χ2v) is 7.12. The van der Waals surface area contributed by atoms with Gasteiger partial charge in [-0.1, -0.05) is 70.4 Å². The molecule has 0 spiro atoms. The van der Waals surface area contributed by atoms with Crippen LogP contribution in [-0.4, -0.2) is 30.4 Å². The van der Waals surface area contributed by atoms with E-state index in [1.165, 1.54) is 89.3 Å². The van der Waals surface area contributed by atoms with E-state index >= 15 is 0 Å². The van der Waals surface area contributed by atoms with Crippen LogP contribution < -0.4 is 0 Å². The van der Waals surface area contributed by atoms with Gasteiger partial charge in [-0.15, -0.1) is 0 Å². The molecule has 1 aliphatic heterocycles. The van der Waals surface area contributed by atoms with Crippen LogP contribution in [0.2, 0.25) is 0 Å². The van der Waals surface area contributed by atoms with Gasteiger partial charge in [0.05, 0.1) is 12.4 Å². The van der Waals surface area contributed by atoms with E-state index in [0.29, 0.717) is 0 Å². The van der Waals surface area contributed by atoms with Crippen molar-refractivity contribution in [2.75, 3.05) is 19.6 Å². The molecule has 0 unspecified atom stereocenters. The highest BCUT2D eigenvalue weighted by atomic mass is 15.2. The fraction of sp³-hybridized carbons (Fsp3) is 0.818. The fourth-order valence-electron chi connectivity index (χ4n) is 3.36. The minimum absolute atomic E-state index is 0.879. The molecular weight excluding hydrogens is 292 g/mol. The van der Waals surface area contributed by atoms with Crippen LogP contribution in [0.15, 0.2) is 17.1 Å². The van der Waals surface area contributed by atoms with E-state index in [9.17, 15) is 0 Å². The Bertz CT molecular complexity index is 333. The maximum absolute atomic E-state index is 4.58. The van der Waals surface area contributed by atoms with E-state index in [0.717, 1.165) is 26.1 Å². The first-order chi connectivity index (χ1) is 11.9. The highest BCUT2D eigenvalue weighted by molar-refractivity contribution is 5.83. The van der Waals surface area contributed by atoms with E-state index < -0.39 is 0 Å². The molecule has 0 bridgehead atoms. The second kappa shape index (κ2) is 15.7. The molecule has 139 valence electrons. The minimum atomic E-state index is 0.879. The van der Waals surface area contributed by atoms with Crippen LogP contribution in [0.25, 0.3) is 0 Å². The zero-order chi connectivity index (χ0) is 17.3. The Kier molecular flexibility index (Phi) is 13.9. The average molecular weight is 334 g/mol. The predicted molar refractivity (Wildman–Crippen MR) is 109 cm³/mol. The third kappa shape index (κ3) is 10.9. The molecule has 0 saturated carbocycles. The van der Waals surface area contributed by atoms with E-state index in [2.05, 4.69) is 35.9 Å². The van der Waals surface area contributed by atoms with Gasteiger partial charge in [0.25, 0.3) is 0 Å². The average Bonchev–Trinajstić information content (AvgIpc) is 3.06. The van der Waals surface area contributed by atoms with Crippen molar-refractivity contribution in [1.82, 2.24) is 4.90 Å². The van der Waals surface area contributed by atoms with Crippen molar-refractivity contribution < 1.29 is 0 Å². The van der Waals surface area contributed by atoms with Gasteiger partial charge in [0.15, 0.2) is 0 Å². The molecule has 0 aromatic heterocycles. The lowest BCUT2D eigenvalue weighted by atomic mass is 10.1. The van der Waals surface area contributed by atoms with E-state index in [4.69, 9.17) is 0 Å². The number of aliphatic imine (C=N–C) groups is 1. The van der Waals surface area contributed by atoms with Gasteiger partial charge in [-0.25, -0.2) is 0 Å². The quantitative estimate of drug-likeness (QED) is 0.230. The van der Waals surface area contributed by atoms with Crippen LogP contribution in [0, 0.1) is 6.92 Å². The Hall–Kier alpha value is -0.790. The molecule has 1 rings (SSSR count). The Balaban J connectivity index is 1.79. The van der Waals surface area contributed by atoms with Crippen LogP contribution in [0.4, 0.5) is 0 Å². The smallest absolute Gasteiger partial charge is 0.0990 e. The Morgan fingerprint density at radius 2 is 1.46 bits per heavy atom. The van der Waals surface area contributed by atoms with Crippen LogP contribution in [-0.2, 0) is 0 Å². The number of hydrogen-bond acceptors (Lipinski definition) is 2. The molecule has 0 aromatic carbocycles. The van der Waals surface area contributed by atoms with Crippen molar-refractivity contribution in [1.29, 1.82) is 0 Å². The number of hydrogen-bond donors (Lipinski definition) is 0. The number of nitrogens with zero attached hydrogens (tertiary/aromatic N) is 2. The molecule has 2 nitrogen and oxygen atoms in total. The van der Waals surface area contributed by atoms with Crippen molar-refractivity contribution in [2.24, 2.45) is 4.99 Å². The first-order valence-corrected chi connectivity index (χ1v) is 10.6. The summed E-state index contributed by atoms with van der Waals surface area (Å²) in [5.41, 5.74) is 0. The third-order valence-electron chi connectivity index (χ3n) is 4.96. The summed E-state index contributed by atoms with van der Waals surface area (Å²) in [5.74, 6) is 1.31. The molecule has 1 aliphatic rings. The molecule has 1 heterocycles. The van der Waals surface area contributed by atoms with E-state index in [-0.39, 0.29) is 0 Å². The SMILES string of the molecule is [CH2]CN1CCN=C1CCCCCCCC=CCCCCCCCC. The monoisotopic (exact) mass is 333 g/mol. The fourth-order valence-corrected chi connectivity index (χ4v) is 3.36. The molecule has 0 aromatic rings. The summed E-state index contributed by atoms with van der Waals surface area (Å²) in [6, 6.07) is 0. The largest absolute Gasteiger partial charge is 0.359 e. The molecule has 0 amide bonds. The van der Waals surface area contributed by atoms with Crippen molar-refractivity contribution in [3.8, 4) is 0 Å². The van der Waals surface area contributed by atoms with Crippen molar-refractivity contribution in [2.45, 2.75) is 96.8 Å². The van der Waals surface area contributed by atoms with Crippen LogP contribution in [0.3, 0.4) is 0 Å². The van der Waals surface area contributed by atoms with Gasteiger partial charge < -0.3 is 4.90 Å². The van der Waals surface area contributed by atoms with Crippen molar-refractivity contribution >= 4 is 5.84 Å². The van der Waals surface area contributed by atoms with Crippen molar-refractivity contribution in [3.05, 3.63) is 19.1 Å². The van der Waals surface area contributed by atoms with Gasteiger partial charge in [-0.3, -0.25) is 4.99 Å². The minimum Gasteiger partial charge on any atom is -0.359 e. The predicted octanol–water partition coefficient (Wildman–Crippen LogP) is 6.57. The topological polar surface area (TPSA) is 15.6 Å². The zero-order valence-corrected chi connectivity index (χ0v) is 16.3. The van der Waals surface area contributed by atoms with Gasteiger partial charge >= 0.3 is 0 Å². The number of unbranched alkanes of at least 4 members (excludes halogenated alkanes) is 11. The normalized spacial score (nSPS) is 14.8. The van der Waals surface area contributed by atoms with Crippen LogP contribution in [0.1, 0.15) is 96.8 Å². The van der Waals surface area contributed by atoms with Gasteiger partial charge in [-0.05, 0) is 39.0 Å². The Morgan fingerprint density at radius 3 is 2.08 bits per heavy atom. The lowest BCUT2D eigenvalue weighted by molar-refractivity contribution is 0.490. The lowest BCUT2D eigenvalue weighted by Crippen LogP contribution is -2.27. The summed E-state index contributed by atoms with van der Waals surface area (Å²) in [5, 5.41) is 0. The first kappa shape index (κ1) is 21.3. The summed E-state index contributed by atoms with van der Waals surface area (Å²) < 4.78 is 0. The second-order valence-electron chi connectivity index (χ2n) is 7.12. The Labute approximate surface area is 151 Å². The van der Waals surface area contributed by atoms with Gasteiger partial charge in [-0.2, -0.15) is 0 Å². The van der Waals surface area contributed by atoms with E-state index in [1.807, 2.05) is 0 Å². The molecule has 24 heavy (non-hydrogen) atoms. The molecule has 0 atom stereocenters. The summed E-state index contributed by atoms with van der Waals surface area (Å²) >= 11 is 0. The van der Waals surface area contributed by atoms with Crippen LogP contribution in [0.5, 0.6) is 0 Å². The molecule has 0 fully saturated rings. The highest BCUT2D eigenvalue weighted by Crippen LogP contribution is 2.12. The third-order valence-corrected chi connectivity index (χ3v) is 4.96. The molecule has 0 saturated heterocycles. The van der Waals surface area contributed by atoms with Crippen molar-refractivity contribution in [3.63, 3.8) is 0 Å². The molecule has 2 heteroatoms. The van der Waals surface area contributed by atoms with Gasteiger partial charge in [0, 0.05) is 19.5 Å². The number of allylic oxidation sites excluding steroid dienone is 2. The standard InChI is InChI=1S/C22H41N2/c1-3-5-6-7-8-9-10-11-12-13-14-15-16-17-18-19-22-23-20-21-24(22)4-2/h11-12H,2-10,13-21H2,1H3. The summed E-state index contributed by atoms with van der Waals surface area (Å²) in [6.07, 6.45) is 23.7. The highest BCUT2D eigenvalue weighted by Gasteiger charge is 2.13. The number of rotatable bonds is 16. The maximum atomic E-state index is 4.58. The molecule has 1 radical (unpaired) electrons. The maximum Gasteiger partial charge on any atom is 0.0990 e. The zero-order valence-electron chi connectivity index (χ0n) is 16.3. The Morgan fingerprint density at radius 1 is 0.875 bits per heavy atom. The molecule has 0 N–H and O–H groups in total. The van der Waals surface area contributed by atoms with Crippen LogP contribution >= 0.6 is 0 Å². The van der Waals surface area contributed by atoms with Gasteiger partial charge in [0.2, 0.25) is 0 Å². The van der Waals surface area contributed by atoms with E-state index in [1.54, 1.807) is 0 Å². The summed E-state index contributed by atoms with van der Waals surface area (Å²) in [6.45, 7) is 9.21. The molecule has 0 aliphatic carbocycles. The summed E-state index contributed by atoms with van der Waals surface area (Å²) in [7, 11) is 0. The van der Waals surface area contributed by atoms with Gasteiger partial charge in [0.1, 0.15) is 0 Å².